The van der Waals surface area contributed by atoms with E-state index in [1.54, 1.807) is 0 Å². The molecule has 2 saturated heterocycles. The number of esters is 1. The molecule has 2 fully saturated rings. The maximum atomic E-state index is 11.9. The largest absolute Gasteiger partial charge is 0.456 e. The van der Waals surface area contributed by atoms with Crippen LogP contribution in [0.2, 0.25) is 5.02 Å². The normalized spacial score (nSPS) is 27.1. The van der Waals surface area contributed by atoms with Crippen LogP contribution in [0.25, 0.3) is 0 Å². The Morgan fingerprint density at radius 3 is 2.42 bits per heavy atom. The first-order valence-corrected chi connectivity index (χ1v) is 6.82. The molecule has 2 aliphatic rings. The molecule has 1 aromatic rings. The Hall–Kier alpha value is -0.770. The topological polar surface area (TPSA) is 29.5 Å². The van der Waals surface area contributed by atoms with Crippen LogP contribution in [-0.2, 0) is 9.53 Å². The van der Waals surface area contributed by atoms with Gasteiger partial charge in [-0.15, -0.1) is 12.4 Å². The number of cyclic esters (lactones) is 1. The van der Waals surface area contributed by atoms with E-state index in [2.05, 4.69) is 4.90 Å². The van der Waals surface area contributed by atoms with Crippen molar-refractivity contribution >= 4 is 30.0 Å². The van der Waals surface area contributed by atoms with E-state index in [-0.39, 0.29) is 30.5 Å². The molecule has 0 aromatic heterocycles. The van der Waals surface area contributed by atoms with Crippen LogP contribution in [-0.4, -0.2) is 30.0 Å². The Labute approximate surface area is 124 Å². The highest BCUT2D eigenvalue weighted by atomic mass is 35.5. The minimum Gasteiger partial charge on any atom is -0.456 e. The molecule has 2 atom stereocenters. The van der Waals surface area contributed by atoms with Crippen LogP contribution in [0.5, 0.6) is 0 Å². The molecule has 0 bridgehead atoms. The van der Waals surface area contributed by atoms with Crippen molar-refractivity contribution in [1.82, 2.24) is 4.90 Å². The van der Waals surface area contributed by atoms with Crippen LogP contribution in [0.15, 0.2) is 24.3 Å². The van der Waals surface area contributed by atoms with Gasteiger partial charge in [-0.05, 0) is 43.6 Å². The predicted molar refractivity (Wildman–Crippen MR) is 76.7 cm³/mol. The Kier molecular flexibility index (Phi) is 4.71. The lowest BCUT2D eigenvalue weighted by Gasteiger charge is -2.18. The molecular weight excluding hydrogens is 285 g/mol. The standard InChI is InChI=1S/C14H16ClNO2.ClH/c15-11-5-3-10(4-6-11)13-9-12(14(17)18-13)16-7-1-2-8-16;/h3-6,12-13H,1-2,7-9H2;1H. The lowest BCUT2D eigenvalue weighted by Crippen LogP contribution is -2.35. The number of carbonyl (C=O) groups excluding carboxylic acids is 1. The van der Waals surface area contributed by atoms with Crippen molar-refractivity contribution in [3.63, 3.8) is 0 Å². The average Bonchev–Trinajstić information content (AvgIpc) is 2.99. The van der Waals surface area contributed by atoms with Gasteiger partial charge < -0.3 is 4.74 Å². The summed E-state index contributed by atoms with van der Waals surface area (Å²) in [6, 6.07) is 7.51. The second kappa shape index (κ2) is 6.12. The fourth-order valence-electron chi connectivity index (χ4n) is 2.80. The number of halogens is 2. The van der Waals surface area contributed by atoms with Crippen molar-refractivity contribution in [2.24, 2.45) is 0 Å². The van der Waals surface area contributed by atoms with E-state index in [1.165, 1.54) is 12.8 Å². The van der Waals surface area contributed by atoms with Gasteiger partial charge in [0.1, 0.15) is 12.1 Å². The first kappa shape index (κ1) is 14.6. The van der Waals surface area contributed by atoms with Crippen molar-refractivity contribution in [1.29, 1.82) is 0 Å². The summed E-state index contributed by atoms with van der Waals surface area (Å²) < 4.78 is 5.49. The van der Waals surface area contributed by atoms with Crippen molar-refractivity contribution in [3.05, 3.63) is 34.9 Å². The van der Waals surface area contributed by atoms with Gasteiger partial charge in [0.25, 0.3) is 0 Å². The molecule has 1 aromatic carbocycles. The highest BCUT2D eigenvalue weighted by Gasteiger charge is 2.39. The van der Waals surface area contributed by atoms with Gasteiger partial charge in [-0.25, -0.2) is 0 Å². The predicted octanol–water partition coefficient (Wildman–Crippen LogP) is 3.21. The molecule has 0 radical (unpaired) electrons. The number of likely N-dealkylation sites (tertiary alicyclic amines) is 1. The summed E-state index contributed by atoms with van der Waals surface area (Å²) in [4.78, 5) is 14.2. The zero-order valence-electron chi connectivity index (χ0n) is 10.5. The third-order valence-electron chi connectivity index (χ3n) is 3.79. The Morgan fingerprint density at radius 2 is 1.79 bits per heavy atom. The molecule has 3 rings (SSSR count). The SMILES string of the molecule is Cl.O=C1OC(c2ccc(Cl)cc2)CC1N1CCCC1. The molecule has 0 saturated carbocycles. The van der Waals surface area contributed by atoms with Crippen LogP contribution in [0.4, 0.5) is 0 Å². The number of benzene rings is 1. The molecule has 2 aliphatic heterocycles. The van der Waals surface area contributed by atoms with Crippen LogP contribution >= 0.6 is 24.0 Å². The highest BCUT2D eigenvalue weighted by molar-refractivity contribution is 6.30. The molecule has 104 valence electrons. The summed E-state index contributed by atoms with van der Waals surface area (Å²) in [5.74, 6) is -0.0724. The third kappa shape index (κ3) is 3.04. The second-order valence-corrected chi connectivity index (χ2v) is 5.41. The summed E-state index contributed by atoms with van der Waals surface area (Å²) in [6.07, 6.45) is 3.03. The Morgan fingerprint density at radius 1 is 1.16 bits per heavy atom. The first-order chi connectivity index (χ1) is 8.74. The number of hydrogen-bond acceptors (Lipinski definition) is 3. The summed E-state index contributed by atoms with van der Waals surface area (Å²) in [6.45, 7) is 2.04. The zero-order valence-corrected chi connectivity index (χ0v) is 12.1. The molecule has 2 heterocycles. The number of hydrogen-bond donors (Lipinski definition) is 0. The van der Waals surface area contributed by atoms with E-state index >= 15 is 0 Å². The van der Waals surface area contributed by atoms with Crippen LogP contribution in [0.3, 0.4) is 0 Å². The van der Waals surface area contributed by atoms with Gasteiger partial charge in [0.15, 0.2) is 0 Å². The van der Waals surface area contributed by atoms with Crippen molar-refractivity contribution in [3.8, 4) is 0 Å². The van der Waals surface area contributed by atoms with Crippen molar-refractivity contribution in [2.45, 2.75) is 31.4 Å². The van der Waals surface area contributed by atoms with Gasteiger partial charge in [-0.1, -0.05) is 23.7 Å². The van der Waals surface area contributed by atoms with Crippen molar-refractivity contribution < 1.29 is 9.53 Å². The monoisotopic (exact) mass is 301 g/mol. The van der Waals surface area contributed by atoms with Gasteiger partial charge >= 0.3 is 5.97 Å². The highest BCUT2D eigenvalue weighted by Crippen LogP contribution is 2.33. The first-order valence-electron chi connectivity index (χ1n) is 6.44. The quantitative estimate of drug-likeness (QED) is 0.786. The minimum atomic E-state index is -0.111. The zero-order chi connectivity index (χ0) is 12.5. The molecule has 19 heavy (non-hydrogen) atoms. The average molecular weight is 302 g/mol. The summed E-state index contributed by atoms with van der Waals surface area (Å²) in [5.41, 5.74) is 1.04. The van der Waals surface area contributed by atoms with E-state index < -0.39 is 0 Å². The maximum absolute atomic E-state index is 11.9. The second-order valence-electron chi connectivity index (χ2n) is 4.97. The number of carbonyl (C=O) groups is 1. The van der Waals surface area contributed by atoms with Gasteiger partial charge in [0.05, 0.1) is 0 Å². The molecule has 0 N–H and O–H groups in total. The minimum absolute atomic E-state index is 0. The van der Waals surface area contributed by atoms with E-state index in [0.717, 1.165) is 25.1 Å². The van der Waals surface area contributed by atoms with E-state index in [0.29, 0.717) is 5.02 Å². The van der Waals surface area contributed by atoms with Gasteiger partial charge in [-0.2, -0.15) is 0 Å². The van der Waals surface area contributed by atoms with E-state index in [9.17, 15) is 4.79 Å². The lowest BCUT2D eigenvalue weighted by molar-refractivity contribution is -0.145. The molecule has 5 heteroatoms. The van der Waals surface area contributed by atoms with Crippen LogP contribution in [0, 0.1) is 0 Å². The number of ether oxygens (including phenoxy) is 1. The molecule has 0 spiro atoms. The van der Waals surface area contributed by atoms with Crippen LogP contribution < -0.4 is 0 Å². The smallest absolute Gasteiger partial charge is 0.324 e. The maximum Gasteiger partial charge on any atom is 0.324 e. The van der Waals surface area contributed by atoms with E-state index in [1.807, 2.05) is 24.3 Å². The molecule has 0 amide bonds. The molecule has 0 aliphatic carbocycles. The van der Waals surface area contributed by atoms with Gasteiger partial charge in [-0.3, -0.25) is 9.69 Å². The Balaban J connectivity index is 0.00000133. The summed E-state index contributed by atoms with van der Waals surface area (Å²) in [5, 5.41) is 0.708. The van der Waals surface area contributed by atoms with Crippen molar-refractivity contribution in [2.75, 3.05) is 13.1 Å². The molecular formula is C14H17Cl2NO2. The Bertz CT molecular complexity index is 443. The van der Waals surface area contributed by atoms with Gasteiger partial charge in [0, 0.05) is 11.4 Å². The lowest BCUT2D eigenvalue weighted by atomic mass is 10.0. The number of nitrogens with zero attached hydrogens (tertiary/aromatic N) is 1. The fourth-order valence-corrected chi connectivity index (χ4v) is 2.92. The fraction of sp³-hybridized carbons (Fsp3) is 0.500. The third-order valence-corrected chi connectivity index (χ3v) is 4.04. The molecule has 2 unspecified atom stereocenters. The van der Waals surface area contributed by atoms with E-state index in [4.69, 9.17) is 16.3 Å². The summed E-state index contributed by atoms with van der Waals surface area (Å²) >= 11 is 5.86. The molecule has 3 nitrogen and oxygen atoms in total. The number of rotatable bonds is 2. The summed E-state index contributed by atoms with van der Waals surface area (Å²) in [7, 11) is 0. The van der Waals surface area contributed by atoms with Crippen LogP contribution in [0.1, 0.15) is 30.9 Å². The van der Waals surface area contributed by atoms with Gasteiger partial charge in [0.2, 0.25) is 0 Å².